The number of likely N-dealkylation sites (tertiary alicyclic amines) is 1. The monoisotopic (exact) mass is 522 g/mol. The summed E-state index contributed by atoms with van der Waals surface area (Å²) in [6.07, 6.45) is 0.689. The van der Waals surface area contributed by atoms with Crippen LogP contribution in [0.3, 0.4) is 0 Å². The Morgan fingerprint density at radius 2 is 1.97 bits per heavy atom. The van der Waals surface area contributed by atoms with Gasteiger partial charge in [-0.15, -0.1) is 11.8 Å². The number of thioether (sulfide) groups is 1. The van der Waals surface area contributed by atoms with Crippen molar-refractivity contribution in [2.24, 2.45) is 17.0 Å². The molecule has 11 heteroatoms. The van der Waals surface area contributed by atoms with Gasteiger partial charge in [-0.25, -0.2) is 9.86 Å². The van der Waals surface area contributed by atoms with Crippen molar-refractivity contribution in [1.82, 2.24) is 14.5 Å². The molecule has 2 fully saturated rings. The SMILES string of the molecule is Cc1cccc(C)c1CN1C[C@@H](SC2=C(C=O)N3C(=O)[C@H]([C@@H](C)O)[C@H]3[C@H]2C)C[C@H]1CNS(N)(=O)=O. The number of aryl methyl sites for hydroxylation is 2. The topological polar surface area (TPSA) is 133 Å². The van der Waals surface area contributed by atoms with Crippen molar-refractivity contribution in [3.8, 4) is 0 Å². The van der Waals surface area contributed by atoms with Crippen molar-refractivity contribution in [3.63, 3.8) is 0 Å². The minimum Gasteiger partial charge on any atom is -0.393 e. The fourth-order valence-corrected chi connectivity index (χ4v) is 7.74. The molecule has 3 aliphatic heterocycles. The highest BCUT2D eigenvalue weighted by Gasteiger charge is 2.58. The van der Waals surface area contributed by atoms with Gasteiger partial charge in [0.25, 0.3) is 10.2 Å². The van der Waals surface area contributed by atoms with E-state index >= 15 is 0 Å². The highest BCUT2D eigenvalue weighted by Crippen LogP contribution is 2.51. The number of aldehydes is 1. The number of carbonyl (C=O) groups excluding carboxylic acids is 2. The predicted molar refractivity (Wildman–Crippen MR) is 135 cm³/mol. The van der Waals surface area contributed by atoms with E-state index in [1.165, 1.54) is 16.7 Å². The van der Waals surface area contributed by atoms with Gasteiger partial charge in [0.1, 0.15) is 0 Å². The summed E-state index contributed by atoms with van der Waals surface area (Å²) in [6.45, 7) is 9.35. The van der Waals surface area contributed by atoms with Crippen LogP contribution in [-0.4, -0.2) is 72.0 Å². The highest BCUT2D eigenvalue weighted by molar-refractivity contribution is 8.03. The molecule has 192 valence electrons. The first-order chi connectivity index (χ1) is 16.4. The van der Waals surface area contributed by atoms with E-state index < -0.39 is 22.2 Å². The zero-order valence-corrected chi connectivity index (χ0v) is 22.1. The van der Waals surface area contributed by atoms with Crippen LogP contribution < -0.4 is 9.86 Å². The first kappa shape index (κ1) is 26.3. The molecule has 6 atom stereocenters. The maximum atomic E-state index is 12.6. The molecule has 1 aromatic carbocycles. The lowest BCUT2D eigenvalue weighted by Gasteiger charge is -2.46. The number of aliphatic hydroxyl groups is 1. The van der Waals surface area contributed by atoms with Gasteiger partial charge in [-0.2, -0.15) is 8.42 Å². The Balaban J connectivity index is 1.55. The molecule has 0 unspecified atom stereocenters. The summed E-state index contributed by atoms with van der Waals surface area (Å²) < 4.78 is 25.6. The van der Waals surface area contributed by atoms with E-state index in [1.54, 1.807) is 23.6 Å². The van der Waals surface area contributed by atoms with Crippen LogP contribution in [0.5, 0.6) is 0 Å². The maximum absolute atomic E-state index is 12.6. The third-order valence-corrected chi connectivity index (χ3v) is 9.65. The summed E-state index contributed by atoms with van der Waals surface area (Å²) >= 11 is 1.60. The Bertz CT molecular complexity index is 1130. The molecule has 3 aliphatic rings. The van der Waals surface area contributed by atoms with E-state index in [0.717, 1.165) is 11.2 Å². The van der Waals surface area contributed by atoms with Crippen LogP contribution >= 0.6 is 11.8 Å². The number of nitrogens with two attached hydrogens (primary N) is 1. The van der Waals surface area contributed by atoms with Gasteiger partial charge in [0.05, 0.1) is 23.8 Å². The average molecular weight is 523 g/mol. The molecule has 4 N–H and O–H groups in total. The zero-order chi connectivity index (χ0) is 25.7. The number of allylic oxidation sites excluding steroid dienone is 1. The number of fused-ring (bicyclic) bond motifs is 1. The molecule has 3 heterocycles. The average Bonchev–Trinajstić information content (AvgIpc) is 3.25. The number of hydrogen-bond acceptors (Lipinski definition) is 7. The Kier molecular flexibility index (Phi) is 7.48. The van der Waals surface area contributed by atoms with E-state index in [9.17, 15) is 23.1 Å². The second-order valence-corrected chi connectivity index (χ2v) is 12.7. The third-order valence-electron chi connectivity index (χ3n) is 7.57. The summed E-state index contributed by atoms with van der Waals surface area (Å²) in [5.41, 5.74) is 3.99. The molecule has 0 spiro atoms. The van der Waals surface area contributed by atoms with Gasteiger partial charge in [-0.1, -0.05) is 25.1 Å². The lowest BCUT2D eigenvalue weighted by atomic mass is 9.79. The molecular formula is C24H34N4O5S2. The lowest BCUT2D eigenvalue weighted by Crippen LogP contribution is -2.63. The minimum atomic E-state index is -3.82. The smallest absolute Gasteiger partial charge is 0.274 e. The molecule has 2 saturated heterocycles. The van der Waals surface area contributed by atoms with Gasteiger partial charge >= 0.3 is 0 Å². The molecule has 0 aromatic heterocycles. The van der Waals surface area contributed by atoms with E-state index in [2.05, 4.69) is 35.6 Å². The van der Waals surface area contributed by atoms with Gasteiger partial charge in [-0.05, 0) is 43.9 Å². The van der Waals surface area contributed by atoms with E-state index in [-0.39, 0.29) is 35.7 Å². The Hall–Kier alpha value is -1.76. The van der Waals surface area contributed by atoms with Gasteiger partial charge in [-0.3, -0.25) is 14.5 Å². The van der Waals surface area contributed by atoms with Crippen LogP contribution in [0.1, 0.15) is 37.0 Å². The highest BCUT2D eigenvalue weighted by atomic mass is 32.2. The first-order valence-electron chi connectivity index (χ1n) is 11.9. The van der Waals surface area contributed by atoms with Gasteiger partial charge in [0.2, 0.25) is 5.91 Å². The normalized spacial score (nSPS) is 29.9. The fraction of sp³-hybridized carbons (Fsp3) is 0.583. The second-order valence-electron chi connectivity index (χ2n) is 9.94. The van der Waals surface area contributed by atoms with Gasteiger partial charge in [0.15, 0.2) is 6.29 Å². The van der Waals surface area contributed by atoms with Crippen molar-refractivity contribution in [1.29, 1.82) is 0 Å². The Labute approximate surface area is 211 Å². The van der Waals surface area contributed by atoms with Crippen molar-refractivity contribution >= 4 is 34.2 Å². The molecule has 4 rings (SSSR count). The largest absolute Gasteiger partial charge is 0.393 e. The number of nitrogens with one attached hydrogen (secondary N) is 1. The maximum Gasteiger partial charge on any atom is 0.274 e. The van der Waals surface area contributed by atoms with E-state index in [4.69, 9.17) is 5.14 Å². The van der Waals surface area contributed by atoms with Crippen molar-refractivity contribution in [2.45, 2.75) is 64.1 Å². The number of β-lactam (4-membered cyclic amide) rings is 1. The summed E-state index contributed by atoms with van der Waals surface area (Å²) in [7, 11) is -3.82. The Morgan fingerprint density at radius 1 is 1.31 bits per heavy atom. The standard InChI is InChI=1S/C24H34N4O5S2/c1-13-6-5-7-14(2)19(13)11-27-10-18(8-17(27)9-26-35(25,32)33)34-23-15(3)22-21(16(4)30)24(31)28(22)20(23)12-29/h5-7,12,15-18,21-22,26,30H,8-11H2,1-4H3,(H2,25,32,33)/t15-,16-,17+,18+,21-,22-/m1/s1. The number of carbonyl (C=O) groups is 2. The fourth-order valence-electron chi connectivity index (χ4n) is 5.75. The van der Waals surface area contributed by atoms with Crippen LogP contribution in [0, 0.1) is 25.7 Å². The van der Waals surface area contributed by atoms with Gasteiger partial charge in [0, 0.05) is 41.7 Å². The first-order valence-corrected chi connectivity index (χ1v) is 14.3. The molecule has 0 radical (unpaired) electrons. The van der Waals surface area contributed by atoms with Crippen molar-refractivity contribution in [2.75, 3.05) is 13.1 Å². The van der Waals surface area contributed by atoms with Crippen molar-refractivity contribution < 1.29 is 23.1 Å². The summed E-state index contributed by atoms with van der Waals surface area (Å²) in [4.78, 5) is 29.3. The number of benzene rings is 1. The molecule has 9 nitrogen and oxygen atoms in total. The quantitative estimate of drug-likeness (QED) is 0.326. The molecule has 0 saturated carbocycles. The van der Waals surface area contributed by atoms with Crippen molar-refractivity contribution in [3.05, 3.63) is 45.5 Å². The third kappa shape index (κ3) is 5.07. The molecule has 1 amide bonds. The zero-order valence-electron chi connectivity index (χ0n) is 20.5. The van der Waals surface area contributed by atoms with E-state index in [1.807, 2.05) is 13.0 Å². The molecule has 0 bridgehead atoms. The van der Waals surface area contributed by atoms with E-state index in [0.29, 0.717) is 25.2 Å². The van der Waals surface area contributed by atoms with Crippen LogP contribution in [-0.2, 0) is 26.3 Å². The lowest BCUT2D eigenvalue weighted by molar-refractivity contribution is -0.160. The predicted octanol–water partition coefficient (Wildman–Crippen LogP) is 1.04. The van der Waals surface area contributed by atoms with Crippen LogP contribution in [0.25, 0.3) is 0 Å². The summed E-state index contributed by atoms with van der Waals surface area (Å²) in [5.74, 6) is -0.743. The minimum absolute atomic E-state index is 0.0499. The second kappa shape index (κ2) is 9.95. The van der Waals surface area contributed by atoms with Crippen LogP contribution in [0.2, 0.25) is 0 Å². The molecule has 1 aromatic rings. The van der Waals surface area contributed by atoms with Crippen LogP contribution in [0.4, 0.5) is 0 Å². The summed E-state index contributed by atoms with van der Waals surface area (Å²) in [5, 5.41) is 15.4. The number of rotatable bonds is 9. The number of amides is 1. The molecule has 35 heavy (non-hydrogen) atoms. The number of aliphatic hydroxyl groups excluding tert-OH is 1. The molecular weight excluding hydrogens is 488 g/mol. The molecule has 0 aliphatic carbocycles. The Morgan fingerprint density at radius 3 is 2.54 bits per heavy atom. The van der Waals surface area contributed by atoms with Gasteiger partial charge < -0.3 is 10.0 Å². The van der Waals surface area contributed by atoms with Crippen LogP contribution in [0.15, 0.2) is 28.8 Å². The number of hydrogen-bond donors (Lipinski definition) is 3. The number of nitrogens with zero attached hydrogens (tertiary/aromatic N) is 2. The summed E-state index contributed by atoms with van der Waals surface area (Å²) in [6, 6.07) is 5.91.